The summed E-state index contributed by atoms with van der Waals surface area (Å²) in [6.45, 7) is 7.04. The molecule has 0 heterocycles. The second kappa shape index (κ2) is 6.21. The highest BCUT2D eigenvalue weighted by Crippen LogP contribution is 2.30. The first-order valence-electron chi connectivity index (χ1n) is 7.07. The maximum atomic E-state index is 3.81. The summed E-state index contributed by atoms with van der Waals surface area (Å²) < 4.78 is 1.15. The van der Waals surface area contributed by atoms with Crippen LogP contribution >= 0.6 is 15.9 Å². The minimum Gasteiger partial charge on any atom is -0.307 e. The third-order valence-corrected chi connectivity index (χ3v) is 4.79. The second-order valence-electron chi connectivity index (χ2n) is 5.94. The predicted molar refractivity (Wildman–Crippen MR) is 81.7 cm³/mol. The lowest BCUT2D eigenvalue weighted by molar-refractivity contribution is 0.216. The van der Waals surface area contributed by atoms with E-state index in [1.165, 1.54) is 24.8 Å². The van der Waals surface area contributed by atoms with Gasteiger partial charge >= 0.3 is 0 Å². The van der Waals surface area contributed by atoms with E-state index >= 15 is 0 Å². The Morgan fingerprint density at radius 3 is 2.44 bits per heavy atom. The smallest absolute Gasteiger partial charge is 0.0294 e. The van der Waals surface area contributed by atoms with E-state index in [2.05, 4.69) is 66.3 Å². The van der Waals surface area contributed by atoms with Gasteiger partial charge in [-0.2, -0.15) is 0 Å². The van der Waals surface area contributed by atoms with Crippen molar-refractivity contribution in [3.63, 3.8) is 0 Å². The number of rotatable bonds is 3. The Kier molecular flexibility index (Phi) is 4.85. The molecule has 100 valence electrons. The molecule has 1 saturated carbocycles. The van der Waals surface area contributed by atoms with E-state index in [9.17, 15) is 0 Å². The van der Waals surface area contributed by atoms with E-state index in [1.54, 1.807) is 0 Å². The Hall–Kier alpha value is -0.340. The van der Waals surface area contributed by atoms with Crippen molar-refractivity contribution in [1.82, 2.24) is 5.32 Å². The highest BCUT2D eigenvalue weighted by atomic mass is 79.9. The molecule has 2 heteroatoms. The van der Waals surface area contributed by atoms with Gasteiger partial charge in [-0.3, -0.25) is 0 Å². The molecule has 0 spiro atoms. The highest BCUT2D eigenvalue weighted by molar-refractivity contribution is 9.10. The highest BCUT2D eigenvalue weighted by Gasteiger charge is 2.26. The first kappa shape index (κ1) is 14.1. The predicted octanol–water partition coefficient (Wildman–Crippen LogP) is 4.92. The summed E-state index contributed by atoms with van der Waals surface area (Å²) in [5.74, 6) is 1.70. The van der Waals surface area contributed by atoms with E-state index in [1.807, 2.05) is 0 Å². The minimum atomic E-state index is 0.443. The summed E-state index contributed by atoms with van der Waals surface area (Å²) in [7, 11) is 0. The van der Waals surface area contributed by atoms with Crippen molar-refractivity contribution in [2.75, 3.05) is 0 Å². The Balaban J connectivity index is 1.94. The van der Waals surface area contributed by atoms with E-state index in [0.29, 0.717) is 12.1 Å². The van der Waals surface area contributed by atoms with Crippen LogP contribution in [-0.4, -0.2) is 6.04 Å². The summed E-state index contributed by atoms with van der Waals surface area (Å²) in [5.41, 5.74) is 1.38. The van der Waals surface area contributed by atoms with Crippen LogP contribution in [0.1, 0.15) is 51.6 Å². The molecule has 0 saturated heterocycles. The Morgan fingerprint density at radius 2 is 1.83 bits per heavy atom. The largest absolute Gasteiger partial charge is 0.307 e. The molecule has 0 amide bonds. The van der Waals surface area contributed by atoms with Crippen LogP contribution in [0.5, 0.6) is 0 Å². The van der Waals surface area contributed by atoms with Crippen molar-refractivity contribution in [1.29, 1.82) is 0 Å². The maximum Gasteiger partial charge on any atom is 0.0294 e. The normalized spacial score (nSPS) is 30.1. The lowest BCUT2D eigenvalue weighted by Crippen LogP contribution is -2.40. The molecule has 4 atom stereocenters. The Morgan fingerprint density at radius 1 is 1.17 bits per heavy atom. The summed E-state index contributed by atoms with van der Waals surface area (Å²) in [6, 6.07) is 9.79. The van der Waals surface area contributed by atoms with Crippen molar-refractivity contribution in [3.05, 3.63) is 34.3 Å². The van der Waals surface area contributed by atoms with Gasteiger partial charge in [-0.1, -0.05) is 41.9 Å². The summed E-state index contributed by atoms with van der Waals surface area (Å²) >= 11 is 3.49. The minimum absolute atomic E-state index is 0.443. The number of halogens is 1. The second-order valence-corrected chi connectivity index (χ2v) is 6.86. The molecular weight excluding hydrogens is 286 g/mol. The molecule has 2 rings (SSSR count). The van der Waals surface area contributed by atoms with Gasteiger partial charge in [0.05, 0.1) is 0 Å². The van der Waals surface area contributed by atoms with E-state index in [0.717, 1.165) is 16.3 Å². The average Bonchev–Trinajstić information content (AvgIpc) is 2.33. The van der Waals surface area contributed by atoms with E-state index in [-0.39, 0.29) is 0 Å². The molecular formula is C16H24BrN. The molecule has 1 aromatic rings. The van der Waals surface area contributed by atoms with Crippen molar-refractivity contribution >= 4 is 15.9 Å². The third-order valence-electron chi connectivity index (χ3n) is 4.27. The van der Waals surface area contributed by atoms with Crippen LogP contribution in [0.3, 0.4) is 0 Å². The molecule has 1 nitrogen and oxygen atoms in total. The molecule has 1 fully saturated rings. The molecule has 0 radical (unpaired) electrons. The zero-order valence-electron chi connectivity index (χ0n) is 11.6. The number of hydrogen-bond donors (Lipinski definition) is 1. The fourth-order valence-electron chi connectivity index (χ4n) is 3.08. The van der Waals surface area contributed by atoms with E-state index in [4.69, 9.17) is 0 Å². The first-order valence-corrected chi connectivity index (χ1v) is 7.87. The number of benzene rings is 1. The summed E-state index contributed by atoms with van der Waals surface area (Å²) in [6.07, 6.45) is 4.06. The first-order chi connectivity index (χ1) is 8.56. The monoisotopic (exact) mass is 309 g/mol. The van der Waals surface area contributed by atoms with Gasteiger partial charge in [0.1, 0.15) is 0 Å². The fraction of sp³-hybridized carbons (Fsp3) is 0.625. The van der Waals surface area contributed by atoms with Gasteiger partial charge in [-0.05, 0) is 55.7 Å². The maximum absolute atomic E-state index is 3.81. The molecule has 1 aliphatic carbocycles. The molecule has 1 N–H and O–H groups in total. The van der Waals surface area contributed by atoms with Gasteiger partial charge in [0, 0.05) is 16.6 Å². The van der Waals surface area contributed by atoms with E-state index < -0.39 is 0 Å². The van der Waals surface area contributed by atoms with Crippen LogP contribution in [0.2, 0.25) is 0 Å². The van der Waals surface area contributed by atoms with Gasteiger partial charge < -0.3 is 5.32 Å². The van der Waals surface area contributed by atoms with Crippen LogP contribution in [0.25, 0.3) is 0 Å². The summed E-state index contributed by atoms with van der Waals surface area (Å²) in [4.78, 5) is 0. The fourth-order valence-corrected chi connectivity index (χ4v) is 3.35. The van der Waals surface area contributed by atoms with Gasteiger partial charge in [-0.15, -0.1) is 0 Å². The molecule has 0 aliphatic heterocycles. The van der Waals surface area contributed by atoms with Crippen LogP contribution in [0.4, 0.5) is 0 Å². The van der Waals surface area contributed by atoms with Gasteiger partial charge in [0.25, 0.3) is 0 Å². The lowest BCUT2D eigenvalue weighted by Gasteiger charge is -2.35. The molecule has 1 aliphatic rings. The molecule has 18 heavy (non-hydrogen) atoms. The number of hydrogen-bond acceptors (Lipinski definition) is 1. The van der Waals surface area contributed by atoms with Crippen molar-refractivity contribution in [2.45, 2.75) is 52.1 Å². The van der Waals surface area contributed by atoms with Crippen LogP contribution in [-0.2, 0) is 0 Å². The zero-order valence-corrected chi connectivity index (χ0v) is 13.2. The molecule has 0 aromatic heterocycles. The Labute approximate surface area is 119 Å². The van der Waals surface area contributed by atoms with Crippen molar-refractivity contribution in [2.24, 2.45) is 11.8 Å². The average molecular weight is 310 g/mol. The van der Waals surface area contributed by atoms with Gasteiger partial charge in [-0.25, -0.2) is 0 Å². The summed E-state index contributed by atoms with van der Waals surface area (Å²) in [5, 5.41) is 3.81. The Bertz CT molecular complexity index is 373. The molecule has 4 unspecified atom stereocenters. The van der Waals surface area contributed by atoms with Gasteiger partial charge in [0.2, 0.25) is 0 Å². The SMILES string of the molecule is CC1CCC(NC(C)c2ccc(Br)cc2)C(C)C1. The lowest BCUT2D eigenvalue weighted by atomic mass is 9.79. The van der Waals surface area contributed by atoms with Crippen LogP contribution in [0, 0.1) is 11.8 Å². The topological polar surface area (TPSA) is 12.0 Å². The van der Waals surface area contributed by atoms with Crippen molar-refractivity contribution in [3.8, 4) is 0 Å². The van der Waals surface area contributed by atoms with Gasteiger partial charge in [0.15, 0.2) is 0 Å². The molecule has 1 aromatic carbocycles. The number of nitrogens with one attached hydrogen (secondary N) is 1. The van der Waals surface area contributed by atoms with Crippen LogP contribution < -0.4 is 5.32 Å². The van der Waals surface area contributed by atoms with Crippen LogP contribution in [0.15, 0.2) is 28.7 Å². The molecule has 0 bridgehead atoms. The zero-order chi connectivity index (χ0) is 13.1. The van der Waals surface area contributed by atoms with Crippen molar-refractivity contribution < 1.29 is 0 Å². The standard InChI is InChI=1S/C16H24BrN/c1-11-4-9-16(12(2)10-11)18-13(3)14-5-7-15(17)8-6-14/h5-8,11-13,16,18H,4,9-10H2,1-3H3. The third kappa shape index (κ3) is 3.58. The quantitative estimate of drug-likeness (QED) is 0.835.